The third-order valence-electron chi connectivity index (χ3n) is 8.83. The number of piperidine rings is 1. The first kappa shape index (κ1) is 41.9. The van der Waals surface area contributed by atoms with Gasteiger partial charge in [-0.3, -0.25) is 14.1 Å². The normalized spacial score (nSPS) is 16.1. The zero-order chi connectivity index (χ0) is 37.4. The van der Waals surface area contributed by atoms with E-state index >= 15 is 0 Å². The Morgan fingerprint density at radius 2 is 1.22 bits per heavy atom. The van der Waals surface area contributed by atoms with Gasteiger partial charge in [-0.1, -0.05) is 90.0 Å². The first-order valence-corrected chi connectivity index (χ1v) is 18.8. The predicted octanol–water partition coefficient (Wildman–Crippen LogP) is 6.02. The van der Waals surface area contributed by atoms with Crippen molar-refractivity contribution in [2.75, 3.05) is 27.2 Å². The van der Waals surface area contributed by atoms with Gasteiger partial charge < -0.3 is 26.2 Å². The van der Waals surface area contributed by atoms with E-state index in [9.17, 15) is 10.2 Å². The summed E-state index contributed by atoms with van der Waals surface area (Å²) >= 11 is 6.23. The lowest BCUT2D eigenvalue weighted by molar-refractivity contribution is 0.140. The second kappa shape index (κ2) is 21.1. The molecular weight excluding hydrogens is 688 g/mol. The summed E-state index contributed by atoms with van der Waals surface area (Å²) < 4.78 is 31.6. The van der Waals surface area contributed by atoms with Gasteiger partial charge in [0.1, 0.15) is 0 Å². The SMILES string of the molecule is CNC(C)C(O)c1ccccc1.CNC(C)C(O)c1ccccc1.Clc1ccc2c(c1)CCc1cccnc1C2=C1CCNCC1.O=S(=O)(O)O. The number of nitrogens with zero attached hydrogens (tertiary/aromatic N) is 1. The standard InChI is InChI=1S/C19H19ClN2.2C10H15NO.H2O4S/c20-16-5-6-17-15(12-16)4-3-14-2-1-9-22-19(14)18(17)13-7-10-21-11-8-13;2*1-8(11-2)10(12)9-6-4-3-5-7-9;1-5(2,3)4/h1-2,5-6,9,12,21H,3-4,7-8,10-11H2;2*3-8,10-12H,1-2H3;(H2,1,2,3,4). The molecule has 3 aromatic carbocycles. The summed E-state index contributed by atoms with van der Waals surface area (Å²) in [7, 11) is -0.979. The van der Waals surface area contributed by atoms with Gasteiger partial charge in [-0.05, 0) is 113 Å². The van der Waals surface area contributed by atoms with Crippen molar-refractivity contribution in [2.24, 2.45) is 0 Å². The molecule has 4 aromatic rings. The van der Waals surface area contributed by atoms with Crippen LogP contribution >= 0.6 is 11.6 Å². The molecule has 51 heavy (non-hydrogen) atoms. The summed E-state index contributed by atoms with van der Waals surface area (Å²) in [5.74, 6) is 0. The van der Waals surface area contributed by atoms with E-state index in [2.05, 4.69) is 34.1 Å². The van der Waals surface area contributed by atoms with E-state index in [1.54, 1.807) is 0 Å². The number of hydrogen-bond donors (Lipinski definition) is 7. The molecule has 1 aliphatic heterocycles. The van der Waals surface area contributed by atoms with Gasteiger partial charge in [0.25, 0.3) is 0 Å². The van der Waals surface area contributed by atoms with Gasteiger partial charge >= 0.3 is 10.4 Å². The Labute approximate surface area is 307 Å². The van der Waals surface area contributed by atoms with Gasteiger partial charge in [0.15, 0.2) is 0 Å². The number of aliphatic hydroxyl groups excluding tert-OH is 2. The highest BCUT2D eigenvalue weighted by atomic mass is 35.5. The van der Waals surface area contributed by atoms with Crippen molar-refractivity contribution in [3.63, 3.8) is 0 Å². The number of hydrogen-bond acceptors (Lipinski definition) is 8. The molecule has 1 fully saturated rings. The van der Waals surface area contributed by atoms with E-state index < -0.39 is 22.6 Å². The average Bonchev–Trinajstić information content (AvgIpc) is 3.31. The Hall–Kier alpha value is -3.49. The fraction of sp³-hybridized carbons (Fsp3) is 0.359. The molecule has 0 amide bonds. The molecule has 0 spiro atoms. The fourth-order valence-corrected chi connectivity index (χ4v) is 6.00. The van der Waals surface area contributed by atoms with Crippen molar-refractivity contribution in [1.29, 1.82) is 0 Å². The number of aryl methyl sites for hydroxylation is 2. The van der Waals surface area contributed by atoms with Gasteiger partial charge in [0.2, 0.25) is 0 Å². The number of aliphatic hydroxyl groups is 2. The lowest BCUT2D eigenvalue weighted by atomic mass is 9.89. The highest BCUT2D eigenvalue weighted by Gasteiger charge is 2.23. The molecule has 2 heterocycles. The van der Waals surface area contributed by atoms with Crippen LogP contribution in [0.15, 0.2) is 103 Å². The van der Waals surface area contributed by atoms with E-state index in [-0.39, 0.29) is 12.1 Å². The monoisotopic (exact) mass is 738 g/mol. The van der Waals surface area contributed by atoms with E-state index in [0.29, 0.717) is 0 Å². The molecule has 4 atom stereocenters. The summed E-state index contributed by atoms with van der Waals surface area (Å²) in [6, 6.07) is 30.1. The number of pyridine rings is 1. The quantitative estimate of drug-likeness (QED) is 0.116. The van der Waals surface area contributed by atoms with E-state index in [0.717, 1.165) is 54.9 Å². The molecule has 276 valence electrons. The van der Waals surface area contributed by atoms with E-state index in [1.165, 1.54) is 33.5 Å². The number of fused-ring (bicyclic) bond motifs is 2. The third kappa shape index (κ3) is 13.9. The first-order chi connectivity index (χ1) is 24.3. The van der Waals surface area contributed by atoms with Crippen LogP contribution in [0.2, 0.25) is 5.02 Å². The van der Waals surface area contributed by atoms with Gasteiger partial charge in [-0.15, -0.1) is 0 Å². The number of benzene rings is 3. The first-order valence-electron chi connectivity index (χ1n) is 17.0. The number of rotatable bonds is 6. The van der Waals surface area contributed by atoms with Gasteiger partial charge in [-0.2, -0.15) is 8.42 Å². The number of likely N-dealkylation sites (N-methyl/N-ethyl adjacent to an activating group) is 2. The minimum Gasteiger partial charge on any atom is -0.387 e. The Kier molecular flexibility index (Phi) is 17.4. The smallest absolute Gasteiger partial charge is 0.387 e. The molecule has 7 N–H and O–H groups in total. The summed E-state index contributed by atoms with van der Waals surface area (Å²) in [6.45, 7) is 6.03. The number of aromatic nitrogens is 1. The van der Waals surface area contributed by atoms with Crippen molar-refractivity contribution in [3.8, 4) is 0 Å². The number of halogens is 1. The molecule has 0 bridgehead atoms. The molecule has 4 unspecified atom stereocenters. The summed E-state index contributed by atoms with van der Waals surface area (Å²) in [5.41, 5.74) is 10.0. The molecule has 1 aliphatic carbocycles. The van der Waals surface area contributed by atoms with Crippen molar-refractivity contribution in [2.45, 2.75) is 63.8 Å². The summed E-state index contributed by atoms with van der Waals surface area (Å²) in [4.78, 5) is 4.75. The highest BCUT2D eigenvalue weighted by molar-refractivity contribution is 7.79. The predicted molar refractivity (Wildman–Crippen MR) is 205 cm³/mol. The number of nitrogens with one attached hydrogen (secondary N) is 3. The lowest BCUT2D eigenvalue weighted by Crippen LogP contribution is -2.28. The van der Waals surface area contributed by atoms with Gasteiger partial charge in [0.05, 0.1) is 17.9 Å². The molecule has 0 saturated carbocycles. The topological polar surface area (TPSA) is 164 Å². The van der Waals surface area contributed by atoms with Crippen LogP contribution in [0.25, 0.3) is 5.57 Å². The van der Waals surface area contributed by atoms with Crippen LogP contribution in [0.3, 0.4) is 0 Å². The van der Waals surface area contributed by atoms with Crippen LogP contribution in [-0.4, -0.2) is 72.0 Å². The van der Waals surface area contributed by atoms with E-state index in [1.807, 2.05) is 107 Å². The van der Waals surface area contributed by atoms with Crippen molar-refractivity contribution in [1.82, 2.24) is 20.9 Å². The van der Waals surface area contributed by atoms with Gasteiger partial charge in [0, 0.05) is 28.9 Å². The fourth-order valence-electron chi connectivity index (χ4n) is 5.81. The molecule has 1 aromatic heterocycles. The molecule has 12 heteroatoms. The second-order valence-electron chi connectivity index (χ2n) is 12.4. The molecule has 2 aliphatic rings. The van der Waals surface area contributed by atoms with Crippen molar-refractivity contribution in [3.05, 3.63) is 141 Å². The van der Waals surface area contributed by atoms with Crippen LogP contribution in [-0.2, 0) is 23.2 Å². The Bertz CT molecular complexity index is 1710. The van der Waals surface area contributed by atoms with Gasteiger partial charge in [-0.25, -0.2) is 0 Å². The zero-order valence-corrected chi connectivity index (χ0v) is 31.2. The van der Waals surface area contributed by atoms with E-state index in [4.69, 9.17) is 34.1 Å². The van der Waals surface area contributed by atoms with Crippen molar-refractivity contribution >= 4 is 27.6 Å². The van der Waals surface area contributed by atoms with Crippen LogP contribution in [0, 0.1) is 0 Å². The Balaban J connectivity index is 0.000000207. The minimum absolute atomic E-state index is 0.0902. The maximum atomic E-state index is 9.73. The highest BCUT2D eigenvalue weighted by Crippen LogP contribution is 2.37. The van der Waals surface area contributed by atoms with Crippen LogP contribution in [0.4, 0.5) is 0 Å². The molecule has 0 radical (unpaired) electrons. The molecular formula is C39H51ClN4O6S. The largest absolute Gasteiger partial charge is 0.394 e. The third-order valence-corrected chi connectivity index (χ3v) is 9.06. The molecule has 6 rings (SSSR count). The average molecular weight is 739 g/mol. The van der Waals surface area contributed by atoms with Crippen molar-refractivity contribution < 1.29 is 27.7 Å². The van der Waals surface area contributed by atoms with Crippen LogP contribution in [0.5, 0.6) is 0 Å². The molecule has 10 nitrogen and oxygen atoms in total. The van der Waals surface area contributed by atoms with Crippen LogP contribution in [0.1, 0.15) is 72.4 Å². The van der Waals surface area contributed by atoms with Crippen LogP contribution < -0.4 is 16.0 Å². The summed E-state index contributed by atoms with van der Waals surface area (Å²) in [5, 5.41) is 29.8. The lowest BCUT2D eigenvalue weighted by Gasteiger charge is -2.21. The Morgan fingerprint density at radius 3 is 1.71 bits per heavy atom. The maximum Gasteiger partial charge on any atom is 0.394 e. The minimum atomic E-state index is -4.67. The second-order valence-corrected chi connectivity index (χ2v) is 13.7. The summed E-state index contributed by atoms with van der Waals surface area (Å²) in [6.07, 6.45) is 5.35. The molecule has 1 saturated heterocycles. The Morgan fingerprint density at radius 1 is 0.725 bits per heavy atom. The maximum absolute atomic E-state index is 9.73. The zero-order valence-electron chi connectivity index (χ0n) is 29.6.